The Morgan fingerprint density at radius 3 is 2.48 bits per heavy atom. The Morgan fingerprint density at radius 2 is 1.95 bits per heavy atom. The van der Waals surface area contributed by atoms with Gasteiger partial charge in [-0.2, -0.15) is 0 Å². The van der Waals surface area contributed by atoms with Gasteiger partial charge in [0.1, 0.15) is 0 Å². The van der Waals surface area contributed by atoms with Gasteiger partial charge in [-0.1, -0.05) is 37.3 Å². The van der Waals surface area contributed by atoms with Gasteiger partial charge in [0.25, 0.3) is 0 Å². The van der Waals surface area contributed by atoms with Crippen LogP contribution >= 0.6 is 0 Å². The van der Waals surface area contributed by atoms with Crippen LogP contribution in [0, 0.1) is 0 Å². The minimum absolute atomic E-state index is 0.102. The van der Waals surface area contributed by atoms with Crippen LogP contribution in [0.1, 0.15) is 25.3 Å². The SMILES string of the molecule is CCC(CC(O)COCCOC)(C(=O)O)c1ccccc1. The molecule has 118 valence electrons. The lowest BCUT2D eigenvalue weighted by Crippen LogP contribution is -2.40. The van der Waals surface area contributed by atoms with Gasteiger partial charge in [0, 0.05) is 7.11 Å². The first-order valence-corrected chi connectivity index (χ1v) is 7.10. The van der Waals surface area contributed by atoms with E-state index in [9.17, 15) is 15.0 Å². The second-order valence-corrected chi connectivity index (χ2v) is 5.03. The van der Waals surface area contributed by atoms with Gasteiger partial charge < -0.3 is 19.7 Å². The molecule has 0 aliphatic heterocycles. The molecule has 5 nitrogen and oxygen atoms in total. The summed E-state index contributed by atoms with van der Waals surface area (Å²) in [5.41, 5.74) is -0.387. The number of carboxylic acid groups (broad SMARTS) is 1. The van der Waals surface area contributed by atoms with E-state index in [0.717, 1.165) is 0 Å². The summed E-state index contributed by atoms with van der Waals surface area (Å²) in [5.74, 6) is -0.924. The van der Waals surface area contributed by atoms with Gasteiger partial charge in [-0.3, -0.25) is 4.79 Å². The third kappa shape index (κ3) is 4.81. The van der Waals surface area contributed by atoms with Gasteiger partial charge >= 0.3 is 5.97 Å². The summed E-state index contributed by atoms with van der Waals surface area (Å²) in [6, 6.07) is 9.04. The highest BCUT2D eigenvalue weighted by Crippen LogP contribution is 2.33. The van der Waals surface area contributed by atoms with Crippen LogP contribution in [0.4, 0.5) is 0 Å². The molecule has 0 radical (unpaired) electrons. The molecule has 2 N–H and O–H groups in total. The number of carbonyl (C=O) groups is 1. The number of hydrogen-bond donors (Lipinski definition) is 2. The van der Waals surface area contributed by atoms with Crippen molar-refractivity contribution in [1.29, 1.82) is 0 Å². The molecule has 0 aliphatic carbocycles. The smallest absolute Gasteiger partial charge is 0.314 e. The molecule has 0 amide bonds. The Balaban J connectivity index is 2.77. The largest absolute Gasteiger partial charge is 0.481 e. The molecule has 1 rings (SSSR count). The normalized spacial score (nSPS) is 15.4. The first-order valence-electron chi connectivity index (χ1n) is 7.10. The summed E-state index contributed by atoms with van der Waals surface area (Å²) in [6.45, 7) is 2.75. The van der Waals surface area contributed by atoms with Gasteiger partial charge in [-0.25, -0.2) is 0 Å². The highest BCUT2D eigenvalue weighted by atomic mass is 16.5. The second kappa shape index (κ2) is 8.77. The van der Waals surface area contributed by atoms with Gasteiger partial charge in [0.05, 0.1) is 31.3 Å². The first kappa shape index (κ1) is 17.6. The zero-order valence-electron chi connectivity index (χ0n) is 12.6. The number of hydrogen-bond acceptors (Lipinski definition) is 4. The molecule has 2 unspecified atom stereocenters. The number of aliphatic hydroxyl groups is 1. The monoisotopic (exact) mass is 296 g/mol. The maximum Gasteiger partial charge on any atom is 0.314 e. The predicted octanol–water partition coefficient (Wildman–Crippen LogP) is 1.83. The Bertz CT molecular complexity index is 420. The summed E-state index contributed by atoms with van der Waals surface area (Å²) in [6.07, 6.45) is -0.310. The molecule has 0 aromatic heterocycles. The molecule has 1 aromatic rings. The summed E-state index contributed by atoms with van der Waals surface area (Å²) >= 11 is 0. The van der Waals surface area contributed by atoms with E-state index in [0.29, 0.717) is 25.2 Å². The van der Waals surface area contributed by atoms with Gasteiger partial charge in [0.2, 0.25) is 0 Å². The van der Waals surface area contributed by atoms with Crippen molar-refractivity contribution in [1.82, 2.24) is 0 Å². The topological polar surface area (TPSA) is 76.0 Å². The van der Waals surface area contributed by atoms with Crippen molar-refractivity contribution in [2.24, 2.45) is 0 Å². The molecule has 0 spiro atoms. The Hall–Kier alpha value is -1.43. The molecule has 0 saturated carbocycles. The van der Waals surface area contributed by atoms with Crippen molar-refractivity contribution >= 4 is 5.97 Å². The van der Waals surface area contributed by atoms with E-state index >= 15 is 0 Å². The van der Waals surface area contributed by atoms with Crippen LogP contribution in [0.3, 0.4) is 0 Å². The predicted molar refractivity (Wildman–Crippen MR) is 79.4 cm³/mol. The molecular formula is C16H24O5. The molecule has 0 fully saturated rings. The Kier molecular flexibility index (Phi) is 7.36. The van der Waals surface area contributed by atoms with E-state index in [1.807, 2.05) is 25.1 Å². The maximum atomic E-state index is 11.8. The average molecular weight is 296 g/mol. The molecule has 0 heterocycles. The van der Waals surface area contributed by atoms with Crippen molar-refractivity contribution in [2.45, 2.75) is 31.3 Å². The Labute approximate surface area is 125 Å². The lowest BCUT2D eigenvalue weighted by molar-refractivity contribution is -0.146. The van der Waals surface area contributed by atoms with Crippen LogP contribution in [-0.2, 0) is 19.7 Å². The molecule has 5 heteroatoms. The fraction of sp³-hybridized carbons (Fsp3) is 0.562. The van der Waals surface area contributed by atoms with E-state index in [4.69, 9.17) is 9.47 Å². The standard InChI is InChI=1S/C16H24O5/c1-3-16(15(18)19,13-7-5-4-6-8-13)11-14(17)12-21-10-9-20-2/h4-8,14,17H,3,9-12H2,1-2H3,(H,18,19). The van der Waals surface area contributed by atoms with E-state index < -0.39 is 17.5 Å². The third-order valence-corrected chi connectivity index (χ3v) is 3.67. The molecule has 21 heavy (non-hydrogen) atoms. The van der Waals surface area contributed by atoms with Crippen molar-refractivity contribution in [2.75, 3.05) is 26.9 Å². The number of benzene rings is 1. The van der Waals surface area contributed by atoms with Crippen LogP contribution in [0.15, 0.2) is 30.3 Å². The van der Waals surface area contributed by atoms with Crippen LogP contribution in [0.5, 0.6) is 0 Å². The van der Waals surface area contributed by atoms with E-state index in [-0.39, 0.29) is 13.0 Å². The van der Waals surface area contributed by atoms with Crippen LogP contribution in [0.2, 0.25) is 0 Å². The van der Waals surface area contributed by atoms with E-state index in [1.54, 1.807) is 19.2 Å². The van der Waals surface area contributed by atoms with Gasteiger partial charge in [0.15, 0.2) is 0 Å². The zero-order valence-corrected chi connectivity index (χ0v) is 12.6. The lowest BCUT2D eigenvalue weighted by Gasteiger charge is -2.31. The quantitative estimate of drug-likeness (QED) is 0.644. The van der Waals surface area contributed by atoms with Gasteiger partial charge in [-0.05, 0) is 18.4 Å². The van der Waals surface area contributed by atoms with Crippen LogP contribution < -0.4 is 0 Å². The summed E-state index contributed by atoms with van der Waals surface area (Å²) in [5, 5.41) is 19.8. The first-order chi connectivity index (χ1) is 10.1. The molecule has 2 atom stereocenters. The van der Waals surface area contributed by atoms with Crippen molar-refractivity contribution in [3.8, 4) is 0 Å². The number of aliphatic hydroxyl groups excluding tert-OH is 1. The average Bonchev–Trinajstić information content (AvgIpc) is 2.50. The van der Waals surface area contributed by atoms with E-state index in [2.05, 4.69) is 0 Å². The fourth-order valence-corrected chi connectivity index (χ4v) is 2.41. The van der Waals surface area contributed by atoms with Crippen LogP contribution in [-0.4, -0.2) is 49.2 Å². The van der Waals surface area contributed by atoms with Crippen LogP contribution in [0.25, 0.3) is 0 Å². The number of methoxy groups -OCH3 is 1. The number of carboxylic acids is 1. The highest BCUT2D eigenvalue weighted by molar-refractivity contribution is 5.81. The molecule has 1 aromatic carbocycles. The number of rotatable bonds is 10. The van der Waals surface area contributed by atoms with Crippen molar-refractivity contribution in [3.63, 3.8) is 0 Å². The number of aliphatic carboxylic acids is 1. The maximum absolute atomic E-state index is 11.8. The van der Waals surface area contributed by atoms with Crippen molar-refractivity contribution < 1.29 is 24.5 Å². The highest BCUT2D eigenvalue weighted by Gasteiger charge is 2.40. The third-order valence-electron chi connectivity index (χ3n) is 3.67. The minimum Gasteiger partial charge on any atom is -0.481 e. The summed E-state index contributed by atoms with van der Waals surface area (Å²) in [4.78, 5) is 11.8. The van der Waals surface area contributed by atoms with Gasteiger partial charge in [-0.15, -0.1) is 0 Å². The molecule has 0 aliphatic rings. The molecule has 0 saturated heterocycles. The summed E-state index contributed by atoms with van der Waals surface area (Å²) in [7, 11) is 1.57. The second-order valence-electron chi connectivity index (χ2n) is 5.03. The number of ether oxygens (including phenoxy) is 2. The molecular weight excluding hydrogens is 272 g/mol. The van der Waals surface area contributed by atoms with E-state index in [1.165, 1.54) is 0 Å². The molecule has 0 bridgehead atoms. The minimum atomic E-state index is -1.09. The fourth-order valence-electron chi connectivity index (χ4n) is 2.41. The zero-order chi connectivity index (χ0) is 15.7. The summed E-state index contributed by atoms with van der Waals surface area (Å²) < 4.78 is 10.1. The van der Waals surface area contributed by atoms with Crippen molar-refractivity contribution in [3.05, 3.63) is 35.9 Å². The lowest BCUT2D eigenvalue weighted by atomic mass is 9.74. The Morgan fingerprint density at radius 1 is 1.29 bits per heavy atom.